The number of carbonyl (C=O) groups is 2. The van der Waals surface area contributed by atoms with E-state index in [9.17, 15) is 9.59 Å². The zero-order valence-electron chi connectivity index (χ0n) is 6.85. The van der Waals surface area contributed by atoms with E-state index in [1.54, 1.807) is 0 Å². The Kier molecular flexibility index (Phi) is 8.92. The lowest BCUT2D eigenvalue weighted by Crippen LogP contribution is -2.13. The van der Waals surface area contributed by atoms with Gasteiger partial charge < -0.3 is 20.1 Å². The maximum Gasteiger partial charge on any atom is 0.417 e. The zero-order chi connectivity index (χ0) is 10.1. The number of methoxy groups -OCH3 is 1. The number of carbonyl (C=O) groups excluding carboxylic acids is 1. The van der Waals surface area contributed by atoms with Crippen LogP contribution in [0.5, 0.6) is 0 Å². The SMILES string of the molecule is CC(O)CO.COC(=O)C(=O)O. The summed E-state index contributed by atoms with van der Waals surface area (Å²) in [6.45, 7) is 1.39. The summed E-state index contributed by atoms with van der Waals surface area (Å²) >= 11 is 0. The molecule has 0 saturated carbocycles. The second-order valence-electron chi connectivity index (χ2n) is 1.83. The van der Waals surface area contributed by atoms with E-state index in [0.717, 1.165) is 7.11 Å². The molecule has 0 radical (unpaired) electrons. The third kappa shape index (κ3) is 11.6. The normalized spacial score (nSPS) is 10.7. The van der Waals surface area contributed by atoms with Gasteiger partial charge in [-0.2, -0.15) is 0 Å². The summed E-state index contributed by atoms with van der Waals surface area (Å²) in [6, 6.07) is 0. The summed E-state index contributed by atoms with van der Waals surface area (Å²) in [5.41, 5.74) is 0. The molecule has 0 aliphatic carbocycles. The Morgan fingerprint density at radius 1 is 1.50 bits per heavy atom. The average Bonchev–Trinajstić information content (AvgIpc) is 2.04. The fourth-order valence-corrected chi connectivity index (χ4v) is 0.0873. The number of aliphatic hydroxyl groups excluding tert-OH is 2. The van der Waals surface area contributed by atoms with E-state index < -0.39 is 18.0 Å². The van der Waals surface area contributed by atoms with Gasteiger partial charge in [-0.3, -0.25) is 0 Å². The average molecular weight is 180 g/mol. The lowest BCUT2D eigenvalue weighted by molar-refractivity contribution is -0.161. The van der Waals surface area contributed by atoms with Gasteiger partial charge in [-0.05, 0) is 6.92 Å². The molecule has 0 fully saturated rings. The molecule has 0 heterocycles. The van der Waals surface area contributed by atoms with Crippen molar-refractivity contribution in [1.82, 2.24) is 0 Å². The summed E-state index contributed by atoms with van der Waals surface area (Å²) in [4.78, 5) is 19.1. The van der Waals surface area contributed by atoms with Gasteiger partial charge in [0.05, 0.1) is 19.8 Å². The van der Waals surface area contributed by atoms with Gasteiger partial charge in [-0.25, -0.2) is 9.59 Å². The first kappa shape index (κ1) is 13.4. The highest BCUT2D eigenvalue weighted by Crippen LogP contribution is 1.69. The molecule has 0 aromatic carbocycles. The number of rotatable bonds is 1. The Labute approximate surface area is 69.4 Å². The number of aliphatic carboxylic acids is 1. The predicted molar refractivity (Wildman–Crippen MR) is 38.4 cm³/mol. The summed E-state index contributed by atoms with van der Waals surface area (Å²) < 4.78 is 3.77. The lowest BCUT2D eigenvalue weighted by Gasteiger charge is -1.90. The molecular formula is C6H12O6. The van der Waals surface area contributed by atoms with Crippen LogP contribution in [-0.2, 0) is 14.3 Å². The van der Waals surface area contributed by atoms with Gasteiger partial charge in [0, 0.05) is 0 Å². The molecule has 0 bridgehead atoms. The van der Waals surface area contributed by atoms with Crippen molar-refractivity contribution in [2.24, 2.45) is 0 Å². The second kappa shape index (κ2) is 7.96. The molecule has 3 N–H and O–H groups in total. The van der Waals surface area contributed by atoms with E-state index in [0.29, 0.717) is 0 Å². The minimum Gasteiger partial charge on any atom is -0.473 e. The number of hydrogen-bond donors (Lipinski definition) is 3. The minimum absolute atomic E-state index is 0.139. The maximum absolute atomic E-state index is 9.69. The summed E-state index contributed by atoms with van der Waals surface area (Å²) in [7, 11) is 1.01. The molecule has 6 nitrogen and oxygen atoms in total. The molecule has 0 aromatic heterocycles. The standard InChI is InChI=1S/C3H4O4.C3H8O2/c1-7-3(6)2(4)5;1-3(5)2-4/h1H3,(H,4,5);3-5H,2H2,1H3. The van der Waals surface area contributed by atoms with Crippen LogP contribution in [0, 0.1) is 0 Å². The van der Waals surface area contributed by atoms with Gasteiger partial charge in [-0.1, -0.05) is 0 Å². The first-order valence-electron chi connectivity index (χ1n) is 3.05. The Balaban J connectivity index is 0. The minimum atomic E-state index is -1.57. The molecule has 6 heteroatoms. The van der Waals surface area contributed by atoms with E-state index in [4.69, 9.17) is 15.3 Å². The van der Waals surface area contributed by atoms with Crippen molar-refractivity contribution in [1.29, 1.82) is 0 Å². The van der Waals surface area contributed by atoms with E-state index >= 15 is 0 Å². The van der Waals surface area contributed by atoms with E-state index in [2.05, 4.69) is 4.74 Å². The predicted octanol–water partition coefficient (Wildman–Crippen LogP) is -1.40. The van der Waals surface area contributed by atoms with Gasteiger partial charge in [-0.15, -0.1) is 0 Å². The van der Waals surface area contributed by atoms with E-state index in [1.807, 2.05) is 0 Å². The van der Waals surface area contributed by atoms with Crippen LogP contribution >= 0.6 is 0 Å². The number of carboxylic acids is 1. The molecule has 1 unspecified atom stereocenters. The lowest BCUT2D eigenvalue weighted by atomic mass is 10.5. The highest BCUT2D eigenvalue weighted by molar-refractivity contribution is 6.28. The van der Waals surface area contributed by atoms with Crippen molar-refractivity contribution >= 4 is 11.9 Å². The summed E-state index contributed by atoms with van der Waals surface area (Å²) in [6.07, 6.45) is -0.560. The van der Waals surface area contributed by atoms with Crippen LogP contribution in [0.3, 0.4) is 0 Å². The van der Waals surface area contributed by atoms with Crippen LogP contribution in [0.1, 0.15) is 6.92 Å². The molecule has 0 spiro atoms. The molecule has 0 aromatic rings. The molecule has 1 atom stereocenters. The Morgan fingerprint density at radius 3 is 1.83 bits per heavy atom. The first-order valence-corrected chi connectivity index (χ1v) is 3.05. The highest BCUT2D eigenvalue weighted by Gasteiger charge is 2.08. The number of esters is 1. The van der Waals surface area contributed by atoms with Gasteiger partial charge in [0.25, 0.3) is 0 Å². The monoisotopic (exact) mass is 180 g/mol. The van der Waals surface area contributed by atoms with Crippen molar-refractivity contribution in [3.05, 3.63) is 0 Å². The molecule has 0 aliphatic rings. The van der Waals surface area contributed by atoms with Gasteiger partial charge in [0.15, 0.2) is 0 Å². The molecule has 72 valence electrons. The van der Waals surface area contributed by atoms with Crippen LogP contribution in [0.4, 0.5) is 0 Å². The fraction of sp³-hybridized carbons (Fsp3) is 0.667. The van der Waals surface area contributed by atoms with Crippen molar-refractivity contribution in [2.45, 2.75) is 13.0 Å². The van der Waals surface area contributed by atoms with Crippen molar-refractivity contribution in [3.8, 4) is 0 Å². The number of ether oxygens (including phenoxy) is 1. The van der Waals surface area contributed by atoms with Gasteiger partial charge in [0.1, 0.15) is 0 Å². The number of aliphatic hydroxyl groups is 2. The topological polar surface area (TPSA) is 104 Å². The molecule has 0 saturated heterocycles. The van der Waals surface area contributed by atoms with E-state index in [1.165, 1.54) is 6.92 Å². The third-order valence-electron chi connectivity index (χ3n) is 0.624. The van der Waals surface area contributed by atoms with Crippen molar-refractivity contribution < 1.29 is 29.6 Å². The molecule has 0 rings (SSSR count). The number of hydrogen-bond acceptors (Lipinski definition) is 5. The second-order valence-corrected chi connectivity index (χ2v) is 1.83. The van der Waals surface area contributed by atoms with Crippen LogP contribution in [0.15, 0.2) is 0 Å². The van der Waals surface area contributed by atoms with Crippen LogP contribution in [0.25, 0.3) is 0 Å². The molecule has 0 amide bonds. The number of carboxylic acid groups (broad SMARTS) is 1. The largest absolute Gasteiger partial charge is 0.473 e. The quantitative estimate of drug-likeness (QED) is 0.339. The smallest absolute Gasteiger partial charge is 0.417 e. The molecule has 0 aliphatic heterocycles. The van der Waals surface area contributed by atoms with E-state index in [-0.39, 0.29) is 6.61 Å². The first-order chi connectivity index (χ1) is 5.45. The van der Waals surface area contributed by atoms with Crippen LogP contribution in [0.2, 0.25) is 0 Å². The Bertz CT molecular complexity index is 141. The summed E-state index contributed by atoms with van der Waals surface area (Å²) in [5.74, 6) is -2.80. The zero-order valence-corrected chi connectivity index (χ0v) is 6.85. The molecular weight excluding hydrogens is 168 g/mol. The van der Waals surface area contributed by atoms with Crippen LogP contribution in [-0.4, -0.2) is 47.1 Å². The van der Waals surface area contributed by atoms with Crippen LogP contribution < -0.4 is 0 Å². The highest BCUT2D eigenvalue weighted by atomic mass is 16.5. The fourth-order valence-electron chi connectivity index (χ4n) is 0.0873. The maximum atomic E-state index is 9.69. The van der Waals surface area contributed by atoms with Crippen molar-refractivity contribution in [3.63, 3.8) is 0 Å². The molecule has 12 heavy (non-hydrogen) atoms. The summed E-state index contributed by atoms with van der Waals surface area (Å²) in [5, 5.41) is 23.7. The van der Waals surface area contributed by atoms with Crippen molar-refractivity contribution in [2.75, 3.05) is 13.7 Å². The third-order valence-corrected chi connectivity index (χ3v) is 0.624. The Hall–Kier alpha value is -1.14. The Morgan fingerprint density at radius 2 is 1.83 bits per heavy atom. The van der Waals surface area contributed by atoms with Gasteiger partial charge in [0.2, 0.25) is 0 Å². The van der Waals surface area contributed by atoms with Gasteiger partial charge >= 0.3 is 11.9 Å².